The van der Waals surface area contributed by atoms with Crippen molar-refractivity contribution in [2.75, 3.05) is 5.73 Å². The second-order valence-electron chi connectivity index (χ2n) is 4.32. The first-order valence-electron chi connectivity index (χ1n) is 6.07. The highest BCUT2D eigenvalue weighted by molar-refractivity contribution is 6.31. The van der Waals surface area contributed by atoms with Crippen molar-refractivity contribution in [1.82, 2.24) is 9.97 Å². The van der Waals surface area contributed by atoms with E-state index >= 15 is 0 Å². The highest BCUT2D eigenvalue weighted by Crippen LogP contribution is 2.22. The van der Waals surface area contributed by atoms with Crippen molar-refractivity contribution >= 4 is 17.4 Å². The standard InChI is InChI=1S/C14H15ClFN3/c1-3-9-8(2)18-13(19-14(9)17)7-10-11(15)5-4-6-12(10)16/h4-6H,3,7H2,1-2H3,(H2,17,18,19). The van der Waals surface area contributed by atoms with E-state index in [9.17, 15) is 4.39 Å². The number of aryl methyl sites for hydroxylation is 1. The van der Waals surface area contributed by atoms with Crippen LogP contribution in [0.4, 0.5) is 10.2 Å². The van der Waals surface area contributed by atoms with Gasteiger partial charge >= 0.3 is 0 Å². The summed E-state index contributed by atoms with van der Waals surface area (Å²) in [6, 6.07) is 4.59. The van der Waals surface area contributed by atoms with Crippen molar-refractivity contribution in [3.8, 4) is 0 Å². The number of nitrogen functional groups attached to an aromatic ring is 1. The molecule has 0 aliphatic carbocycles. The number of rotatable bonds is 3. The fraction of sp³-hybridized carbons (Fsp3) is 0.286. The van der Waals surface area contributed by atoms with Crippen molar-refractivity contribution in [3.63, 3.8) is 0 Å². The number of hydrogen-bond donors (Lipinski definition) is 1. The molecule has 0 bridgehead atoms. The van der Waals surface area contributed by atoms with E-state index in [2.05, 4.69) is 9.97 Å². The van der Waals surface area contributed by atoms with Crippen LogP contribution in [-0.4, -0.2) is 9.97 Å². The van der Waals surface area contributed by atoms with Gasteiger partial charge in [-0.3, -0.25) is 0 Å². The monoisotopic (exact) mass is 279 g/mol. The van der Waals surface area contributed by atoms with Gasteiger partial charge in [0.1, 0.15) is 17.5 Å². The van der Waals surface area contributed by atoms with Crippen molar-refractivity contribution in [1.29, 1.82) is 0 Å². The molecule has 0 fully saturated rings. The van der Waals surface area contributed by atoms with E-state index in [1.54, 1.807) is 12.1 Å². The van der Waals surface area contributed by atoms with Crippen LogP contribution in [0.2, 0.25) is 5.02 Å². The van der Waals surface area contributed by atoms with Gasteiger partial charge in [0.2, 0.25) is 0 Å². The Balaban J connectivity index is 2.39. The molecule has 1 aromatic heterocycles. The van der Waals surface area contributed by atoms with Crippen LogP contribution in [0, 0.1) is 12.7 Å². The Kier molecular flexibility index (Phi) is 4.00. The zero-order valence-corrected chi connectivity index (χ0v) is 11.6. The third-order valence-corrected chi connectivity index (χ3v) is 3.40. The van der Waals surface area contributed by atoms with E-state index in [0.29, 0.717) is 22.2 Å². The molecule has 1 heterocycles. The SMILES string of the molecule is CCc1c(C)nc(Cc2c(F)cccc2Cl)nc1N. The molecule has 0 radical (unpaired) electrons. The largest absolute Gasteiger partial charge is 0.383 e. The van der Waals surface area contributed by atoms with Gasteiger partial charge in [-0.05, 0) is 25.5 Å². The van der Waals surface area contributed by atoms with Gasteiger partial charge in [0.15, 0.2) is 0 Å². The lowest BCUT2D eigenvalue weighted by Crippen LogP contribution is -2.08. The molecule has 19 heavy (non-hydrogen) atoms. The molecule has 2 rings (SSSR count). The molecule has 2 N–H and O–H groups in total. The molecule has 3 nitrogen and oxygen atoms in total. The first-order chi connectivity index (χ1) is 9.02. The van der Waals surface area contributed by atoms with Gasteiger partial charge in [-0.1, -0.05) is 24.6 Å². The summed E-state index contributed by atoms with van der Waals surface area (Å²) >= 11 is 5.99. The van der Waals surface area contributed by atoms with Crippen LogP contribution in [-0.2, 0) is 12.8 Å². The first-order valence-corrected chi connectivity index (χ1v) is 6.45. The summed E-state index contributed by atoms with van der Waals surface area (Å²) in [5, 5.41) is 0.374. The van der Waals surface area contributed by atoms with Crippen LogP contribution >= 0.6 is 11.6 Å². The summed E-state index contributed by atoms with van der Waals surface area (Å²) in [7, 11) is 0. The molecule has 0 spiro atoms. The molecule has 0 aliphatic rings. The van der Waals surface area contributed by atoms with Crippen LogP contribution in [0.5, 0.6) is 0 Å². The summed E-state index contributed by atoms with van der Waals surface area (Å²) in [6.07, 6.45) is 1.01. The van der Waals surface area contributed by atoms with Crippen LogP contribution in [0.3, 0.4) is 0 Å². The Labute approximate surface area is 116 Å². The summed E-state index contributed by atoms with van der Waals surface area (Å²) in [5.74, 6) is 0.587. The minimum absolute atomic E-state index is 0.237. The second-order valence-corrected chi connectivity index (χ2v) is 4.73. The van der Waals surface area contributed by atoms with Gasteiger partial charge in [0.25, 0.3) is 0 Å². The number of aromatic nitrogens is 2. The molecule has 0 atom stereocenters. The highest BCUT2D eigenvalue weighted by atomic mass is 35.5. The molecule has 0 unspecified atom stereocenters. The maximum absolute atomic E-state index is 13.7. The molecular weight excluding hydrogens is 265 g/mol. The van der Waals surface area contributed by atoms with Gasteiger partial charge in [-0.15, -0.1) is 0 Å². The highest BCUT2D eigenvalue weighted by Gasteiger charge is 2.12. The molecule has 0 aliphatic heterocycles. The number of anilines is 1. The van der Waals surface area contributed by atoms with Crippen LogP contribution in [0.25, 0.3) is 0 Å². The Morgan fingerprint density at radius 3 is 2.58 bits per heavy atom. The second kappa shape index (κ2) is 5.53. The van der Waals surface area contributed by atoms with E-state index in [-0.39, 0.29) is 12.2 Å². The quantitative estimate of drug-likeness (QED) is 0.938. The van der Waals surface area contributed by atoms with Crippen LogP contribution in [0.1, 0.15) is 29.6 Å². The Bertz CT molecular complexity index is 570. The average molecular weight is 280 g/mol. The molecular formula is C14H15ClFN3. The van der Waals surface area contributed by atoms with E-state index in [0.717, 1.165) is 17.7 Å². The zero-order chi connectivity index (χ0) is 14.0. The summed E-state index contributed by atoms with van der Waals surface area (Å²) in [4.78, 5) is 8.59. The third-order valence-electron chi connectivity index (χ3n) is 3.04. The fourth-order valence-corrected chi connectivity index (χ4v) is 2.28. The molecule has 0 saturated heterocycles. The molecule has 0 amide bonds. The summed E-state index contributed by atoms with van der Waals surface area (Å²) in [6.45, 7) is 3.87. The van der Waals surface area contributed by atoms with Crippen molar-refractivity contribution < 1.29 is 4.39 Å². The maximum Gasteiger partial charge on any atom is 0.135 e. The van der Waals surface area contributed by atoms with Crippen molar-refractivity contribution in [3.05, 3.63) is 51.7 Å². The first kappa shape index (κ1) is 13.7. The topological polar surface area (TPSA) is 51.8 Å². The Morgan fingerprint density at radius 1 is 1.26 bits per heavy atom. The number of benzene rings is 1. The fourth-order valence-electron chi connectivity index (χ4n) is 2.05. The molecule has 0 saturated carbocycles. The lowest BCUT2D eigenvalue weighted by molar-refractivity contribution is 0.612. The number of nitrogens with zero attached hydrogens (tertiary/aromatic N) is 2. The van der Waals surface area contributed by atoms with Gasteiger partial charge < -0.3 is 5.73 Å². The van der Waals surface area contributed by atoms with E-state index in [1.807, 2.05) is 13.8 Å². The number of halogens is 2. The van der Waals surface area contributed by atoms with E-state index in [1.165, 1.54) is 6.07 Å². The lowest BCUT2D eigenvalue weighted by Gasteiger charge is -2.10. The molecule has 1 aromatic carbocycles. The minimum Gasteiger partial charge on any atom is -0.383 e. The van der Waals surface area contributed by atoms with Crippen LogP contribution < -0.4 is 5.73 Å². The number of nitrogens with two attached hydrogens (primary N) is 1. The van der Waals surface area contributed by atoms with Gasteiger partial charge in [0, 0.05) is 28.3 Å². The normalized spacial score (nSPS) is 10.7. The van der Waals surface area contributed by atoms with Crippen molar-refractivity contribution in [2.24, 2.45) is 0 Å². The molecule has 5 heteroatoms. The maximum atomic E-state index is 13.7. The zero-order valence-electron chi connectivity index (χ0n) is 10.9. The smallest absolute Gasteiger partial charge is 0.135 e. The van der Waals surface area contributed by atoms with Gasteiger partial charge in [-0.2, -0.15) is 0 Å². The predicted molar refractivity (Wildman–Crippen MR) is 74.8 cm³/mol. The molecule has 100 valence electrons. The number of hydrogen-bond acceptors (Lipinski definition) is 3. The van der Waals surface area contributed by atoms with Crippen LogP contribution in [0.15, 0.2) is 18.2 Å². The average Bonchev–Trinajstić information content (AvgIpc) is 2.34. The summed E-state index contributed by atoms with van der Waals surface area (Å²) < 4.78 is 13.7. The van der Waals surface area contributed by atoms with Gasteiger partial charge in [0.05, 0.1) is 0 Å². The lowest BCUT2D eigenvalue weighted by atomic mass is 10.1. The van der Waals surface area contributed by atoms with Gasteiger partial charge in [-0.25, -0.2) is 14.4 Å². The van der Waals surface area contributed by atoms with Crippen molar-refractivity contribution in [2.45, 2.75) is 26.7 Å². The van der Waals surface area contributed by atoms with E-state index < -0.39 is 0 Å². The third kappa shape index (κ3) is 2.84. The predicted octanol–water partition coefficient (Wildman–Crippen LogP) is 3.31. The Morgan fingerprint density at radius 2 is 2.00 bits per heavy atom. The summed E-state index contributed by atoms with van der Waals surface area (Å²) in [5.41, 5.74) is 8.04. The minimum atomic E-state index is -0.355. The van der Waals surface area contributed by atoms with E-state index in [4.69, 9.17) is 17.3 Å². The Hall–Kier alpha value is -1.68. The molecule has 2 aromatic rings.